The zero-order valence-corrected chi connectivity index (χ0v) is 12.9. The molecule has 1 aromatic carbocycles. The number of alkyl carbamates (subject to hydrolysis) is 1. The van der Waals surface area contributed by atoms with Crippen LogP contribution in [0.3, 0.4) is 0 Å². The third-order valence-electron chi connectivity index (χ3n) is 4.01. The standard InChI is InChI=1S/C17H21NO4/c1-17(15(19)21-2)11-7-6-10-14(17)18-16(20)22-12-13-8-4-3-5-9-13/h3-9,14H,10-12H2,1-2H3,(H,18,20)/t14-,17+/m1/s1. The van der Waals surface area contributed by atoms with Crippen molar-refractivity contribution in [1.82, 2.24) is 5.32 Å². The van der Waals surface area contributed by atoms with E-state index < -0.39 is 11.5 Å². The number of esters is 1. The van der Waals surface area contributed by atoms with E-state index in [1.807, 2.05) is 42.5 Å². The number of nitrogens with one attached hydrogen (secondary N) is 1. The maximum absolute atomic E-state index is 12.0. The van der Waals surface area contributed by atoms with Crippen LogP contribution in [0.2, 0.25) is 0 Å². The Balaban J connectivity index is 1.94. The molecule has 2 atom stereocenters. The van der Waals surface area contributed by atoms with Crippen LogP contribution in [-0.2, 0) is 20.9 Å². The van der Waals surface area contributed by atoms with Crippen LogP contribution in [-0.4, -0.2) is 25.2 Å². The molecule has 5 heteroatoms. The lowest BCUT2D eigenvalue weighted by Crippen LogP contribution is -2.51. The minimum atomic E-state index is -0.769. The van der Waals surface area contributed by atoms with E-state index in [-0.39, 0.29) is 18.6 Å². The number of rotatable bonds is 4. The quantitative estimate of drug-likeness (QED) is 0.686. The van der Waals surface area contributed by atoms with Crippen molar-refractivity contribution in [2.45, 2.75) is 32.4 Å². The predicted octanol–water partition coefficient (Wildman–Crippen LogP) is 2.81. The van der Waals surface area contributed by atoms with E-state index in [2.05, 4.69) is 5.32 Å². The van der Waals surface area contributed by atoms with Gasteiger partial charge >= 0.3 is 12.1 Å². The molecular formula is C17H21NO4. The molecule has 1 N–H and O–H groups in total. The van der Waals surface area contributed by atoms with E-state index in [0.717, 1.165) is 5.56 Å². The summed E-state index contributed by atoms with van der Waals surface area (Å²) >= 11 is 0. The van der Waals surface area contributed by atoms with Crippen molar-refractivity contribution in [1.29, 1.82) is 0 Å². The Labute approximate surface area is 130 Å². The highest BCUT2D eigenvalue weighted by atomic mass is 16.5. The van der Waals surface area contributed by atoms with Gasteiger partial charge in [0.1, 0.15) is 6.61 Å². The number of amides is 1. The summed E-state index contributed by atoms with van der Waals surface area (Å²) in [7, 11) is 1.36. The molecule has 1 amide bonds. The molecule has 0 radical (unpaired) electrons. The van der Waals surface area contributed by atoms with Gasteiger partial charge < -0.3 is 14.8 Å². The van der Waals surface area contributed by atoms with Gasteiger partial charge in [-0.25, -0.2) is 4.79 Å². The number of benzene rings is 1. The van der Waals surface area contributed by atoms with Gasteiger partial charge in [0.15, 0.2) is 0 Å². The predicted molar refractivity (Wildman–Crippen MR) is 82.0 cm³/mol. The van der Waals surface area contributed by atoms with Crippen LogP contribution in [0, 0.1) is 5.41 Å². The molecule has 1 aliphatic rings. The second-order valence-electron chi connectivity index (χ2n) is 5.58. The number of carbonyl (C=O) groups excluding carboxylic acids is 2. The van der Waals surface area contributed by atoms with Gasteiger partial charge in [-0.05, 0) is 25.3 Å². The fourth-order valence-corrected chi connectivity index (χ4v) is 2.55. The molecule has 0 aliphatic heterocycles. The Kier molecular flexibility index (Phi) is 5.20. The van der Waals surface area contributed by atoms with Crippen molar-refractivity contribution < 1.29 is 19.1 Å². The highest BCUT2D eigenvalue weighted by Crippen LogP contribution is 2.34. The van der Waals surface area contributed by atoms with Gasteiger partial charge in [-0.3, -0.25) is 4.79 Å². The van der Waals surface area contributed by atoms with Crippen molar-refractivity contribution in [2.24, 2.45) is 5.41 Å². The van der Waals surface area contributed by atoms with Crippen LogP contribution in [0.4, 0.5) is 4.79 Å². The van der Waals surface area contributed by atoms with Crippen LogP contribution in [0.5, 0.6) is 0 Å². The molecule has 1 aliphatic carbocycles. The third kappa shape index (κ3) is 3.67. The molecular weight excluding hydrogens is 282 g/mol. The molecule has 2 rings (SSSR count). The first-order chi connectivity index (χ1) is 10.6. The minimum Gasteiger partial charge on any atom is -0.469 e. The van der Waals surface area contributed by atoms with Crippen molar-refractivity contribution >= 4 is 12.1 Å². The maximum Gasteiger partial charge on any atom is 0.407 e. The Morgan fingerprint density at radius 2 is 2.00 bits per heavy atom. The van der Waals surface area contributed by atoms with E-state index in [0.29, 0.717) is 12.8 Å². The molecule has 0 heterocycles. The van der Waals surface area contributed by atoms with Gasteiger partial charge in [-0.15, -0.1) is 0 Å². The highest BCUT2D eigenvalue weighted by Gasteiger charge is 2.43. The molecule has 0 fully saturated rings. The van der Waals surface area contributed by atoms with Crippen molar-refractivity contribution in [3.05, 3.63) is 48.0 Å². The Bertz CT molecular complexity index is 555. The summed E-state index contributed by atoms with van der Waals surface area (Å²) in [5, 5.41) is 2.78. The van der Waals surface area contributed by atoms with Gasteiger partial charge in [0.2, 0.25) is 0 Å². The van der Waals surface area contributed by atoms with Crippen LogP contribution >= 0.6 is 0 Å². The Morgan fingerprint density at radius 1 is 1.27 bits per heavy atom. The fourth-order valence-electron chi connectivity index (χ4n) is 2.55. The molecule has 5 nitrogen and oxygen atoms in total. The average molecular weight is 303 g/mol. The Morgan fingerprint density at radius 3 is 2.68 bits per heavy atom. The van der Waals surface area contributed by atoms with Crippen LogP contribution in [0.25, 0.3) is 0 Å². The van der Waals surface area contributed by atoms with Gasteiger partial charge in [0.05, 0.1) is 18.6 Å². The van der Waals surface area contributed by atoms with E-state index in [9.17, 15) is 9.59 Å². The third-order valence-corrected chi connectivity index (χ3v) is 4.01. The molecule has 0 saturated heterocycles. The molecule has 0 bridgehead atoms. The van der Waals surface area contributed by atoms with Crippen LogP contribution < -0.4 is 5.32 Å². The normalized spacial score (nSPS) is 23.6. The smallest absolute Gasteiger partial charge is 0.407 e. The molecule has 0 aromatic heterocycles. The monoisotopic (exact) mass is 303 g/mol. The topological polar surface area (TPSA) is 64.6 Å². The number of hydrogen-bond donors (Lipinski definition) is 1. The summed E-state index contributed by atoms with van der Waals surface area (Å²) in [5.74, 6) is -0.329. The molecule has 0 spiro atoms. The summed E-state index contributed by atoms with van der Waals surface area (Å²) in [6.07, 6.45) is 4.46. The zero-order valence-electron chi connectivity index (χ0n) is 12.9. The number of carbonyl (C=O) groups is 2. The zero-order chi connectivity index (χ0) is 16.0. The van der Waals surface area contributed by atoms with E-state index >= 15 is 0 Å². The molecule has 0 saturated carbocycles. The number of hydrogen-bond acceptors (Lipinski definition) is 4. The number of allylic oxidation sites excluding steroid dienone is 1. The van der Waals surface area contributed by atoms with Crippen LogP contribution in [0.1, 0.15) is 25.3 Å². The SMILES string of the molecule is COC(=O)[C@@]1(C)CC=CC[C@H]1NC(=O)OCc1ccccc1. The largest absolute Gasteiger partial charge is 0.469 e. The van der Waals surface area contributed by atoms with Gasteiger partial charge in [0.25, 0.3) is 0 Å². The number of methoxy groups -OCH3 is 1. The van der Waals surface area contributed by atoms with Crippen molar-refractivity contribution in [3.8, 4) is 0 Å². The summed E-state index contributed by atoms with van der Waals surface area (Å²) in [5.41, 5.74) is 0.145. The van der Waals surface area contributed by atoms with Gasteiger partial charge in [0, 0.05) is 0 Å². The van der Waals surface area contributed by atoms with Gasteiger partial charge in [-0.2, -0.15) is 0 Å². The first-order valence-electron chi connectivity index (χ1n) is 7.27. The first kappa shape index (κ1) is 16.1. The first-order valence-corrected chi connectivity index (χ1v) is 7.27. The lowest BCUT2D eigenvalue weighted by atomic mass is 9.74. The lowest BCUT2D eigenvalue weighted by Gasteiger charge is -2.36. The molecule has 0 unspecified atom stereocenters. The summed E-state index contributed by atoms with van der Waals surface area (Å²) in [6.45, 7) is 1.99. The fraction of sp³-hybridized carbons (Fsp3) is 0.412. The maximum atomic E-state index is 12.0. The van der Waals surface area contributed by atoms with Crippen molar-refractivity contribution in [2.75, 3.05) is 7.11 Å². The Hall–Kier alpha value is -2.30. The highest BCUT2D eigenvalue weighted by molar-refractivity contribution is 5.79. The van der Waals surface area contributed by atoms with Gasteiger partial charge in [-0.1, -0.05) is 42.5 Å². The summed E-state index contributed by atoms with van der Waals surface area (Å²) < 4.78 is 10.1. The summed E-state index contributed by atoms with van der Waals surface area (Å²) in [4.78, 5) is 24.0. The summed E-state index contributed by atoms with van der Waals surface area (Å²) in [6, 6.07) is 9.10. The van der Waals surface area contributed by atoms with E-state index in [1.165, 1.54) is 7.11 Å². The molecule has 22 heavy (non-hydrogen) atoms. The molecule has 118 valence electrons. The minimum absolute atomic E-state index is 0.199. The average Bonchev–Trinajstić information content (AvgIpc) is 2.55. The lowest BCUT2D eigenvalue weighted by molar-refractivity contribution is -0.153. The second kappa shape index (κ2) is 7.11. The van der Waals surface area contributed by atoms with E-state index in [1.54, 1.807) is 6.92 Å². The van der Waals surface area contributed by atoms with Crippen LogP contribution in [0.15, 0.2) is 42.5 Å². The van der Waals surface area contributed by atoms with E-state index in [4.69, 9.17) is 9.47 Å². The van der Waals surface area contributed by atoms with Crippen molar-refractivity contribution in [3.63, 3.8) is 0 Å². The molecule has 1 aromatic rings. The second-order valence-corrected chi connectivity index (χ2v) is 5.58. The number of ether oxygens (including phenoxy) is 2.